The van der Waals surface area contributed by atoms with E-state index in [2.05, 4.69) is 15.2 Å². The zero-order chi connectivity index (χ0) is 19.1. The summed E-state index contributed by atoms with van der Waals surface area (Å²) in [6.07, 6.45) is 7.29. The lowest BCUT2D eigenvalue weighted by Crippen LogP contribution is -2.45. The minimum absolute atomic E-state index is 0.0309. The van der Waals surface area contributed by atoms with Crippen LogP contribution in [0.4, 0.5) is 0 Å². The zero-order valence-electron chi connectivity index (χ0n) is 17.0. The minimum atomic E-state index is 0.0309. The molecule has 7 heteroatoms. The normalized spacial score (nSPS) is 27.6. The van der Waals surface area contributed by atoms with E-state index < -0.39 is 0 Å². The molecule has 0 spiro atoms. The van der Waals surface area contributed by atoms with Crippen LogP contribution in [0, 0.1) is 11.8 Å². The molecule has 2 unspecified atom stereocenters. The third-order valence-electron chi connectivity index (χ3n) is 6.08. The van der Waals surface area contributed by atoms with E-state index in [0.717, 1.165) is 64.2 Å². The molecule has 0 aromatic rings. The Morgan fingerprint density at radius 2 is 1.93 bits per heavy atom. The van der Waals surface area contributed by atoms with Crippen LogP contribution in [0.3, 0.4) is 0 Å². The van der Waals surface area contributed by atoms with Crippen molar-refractivity contribution in [3.63, 3.8) is 0 Å². The maximum Gasteiger partial charge on any atom is 0.243 e. The quantitative estimate of drug-likeness (QED) is 0.576. The van der Waals surface area contributed by atoms with Gasteiger partial charge in [-0.15, -0.1) is 0 Å². The molecule has 3 fully saturated rings. The number of carbonyl (C=O) groups excluding carboxylic acids is 1. The first-order chi connectivity index (χ1) is 13.1. The van der Waals surface area contributed by atoms with Crippen LogP contribution >= 0.6 is 0 Å². The van der Waals surface area contributed by atoms with E-state index in [0.29, 0.717) is 5.92 Å². The minimum Gasteiger partial charge on any atom is -0.381 e. The zero-order valence-corrected chi connectivity index (χ0v) is 17.0. The Hall–Kier alpha value is -1.34. The molecule has 3 aliphatic heterocycles. The third kappa shape index (κ3) is 6.07. The summed E-state index contributed by atoms with van der Waals surface area (Å²) in [4.78, 5) is 20.6. The smallest absolute Gasteiger partial charge is 0.243 e. The number of guanidine groups is 1. The fourth-order valence-electron chi connectivity index (χ4n) is 4.28. The number of hydrogen-bond acceptors (Lipinski definition) is 4. The highest BCUT2D eigenvalue weighted by molar-refractivity contribution is 5.85. The van der Waals surface area contributed by atoms with Crippen LogP contribution in [-0.2, 0) is 14.3 Å². The third-order valence-corrected chi connectivity index (χ3v) is 6.08. The molecule has 3 heterocycles. The Morgan fingerprint density at radius 3 is 2.63 bits per heavy atom. The van der Waals surface area contributed by atoms with E-state index in [1.165, 1.54) is 25.7 Å². The molecule has 3 saturated heterocycles. The molecular weight excluding hydrogens is 344 g/mol. The maximum absolute atomic E-state index is 12.0. The van der Waals surface area contributed by atoms with E-state index in [1.807, 2.05) is 0 Å². The van der Waals surface area contributed by atoms with E-state index in [4.69, 9.17) is 9.47 Å². The Bertz CT molecular complexity index is 499. The summed E-state index contributed by atoms with van der Waals surface area (Å²) in [7, 11) is 3.55. The molecule has 1 amide bonds. The molecule has 3 rings (SSSR count). The van der Waals surface area contributed by atoms with Crippen LogP contribution in [0.2, 0.25) is 0 Å². The van der Waals surface area contributed by atoms with Crippen LogP contribution in [0.25, 0.3) is 0 Å². The lowest BCUT2D eigenvalue weighted by Gasteiger charge is -2.29. The standard InChI is InChI=1S/C20H36N4O3/c1-23(2)19(25)14-22-20(21-13-18-5-3-4-10-27-18)24-9-6-17(15-24)16-7-11-26-12-8-16/h16-18H,3-15H2,1-2H3,(H,21,22). The summed E-state index contributed by atoms with van der Waals surface area (Å²) in [5.74, 6) is 2.36. The van der Waals surface area contributed by atoms with E-state index in [-0.39, 0.29) is 18.6 Å². The van der Waals surface area contributed by atoms with Gasteiger partial charge in [0.25, 0.3) is 0 Å². The predicted octanol–water partition coefficient (Wildman–Crippen LogP) is 1.34. The molecule has 27 heavy (non-hydrogen) atoms. The Morgan fingerprint density at radius 1 is 1.11 bits per heavy atom. The van der Waals surface area contributed by atoms with Crippen molar-refractivity contribution in [2.24, 2.45) is 16.8 Å². The van der Waals surface area contributed by atoms with Gasteiger partial charge < -0.3 is 24.6 Å². The summed E-state index contributed by atoms with van der Waals surface area (Å²) in [5, 5.41) is 3.50. The highest BCUT2D eigenvalue weighted by atomic mass is 16.5. The fraction of sp³-hybridized carbons (Fsp3) is 0.900. The molecule has 0 saturated carbocycles. The monoisotopic (exact) mass is 380 g/mol. The van der Waals surface area contributed by atoms with Gasteiger partial charge in [-0.3, -0.25) is 4.79 Å². The van der Waals surface area contributed by atoms with Crippen LogP contribution < -0.4 is 5.32 Å². The number of nitrogens with zero attached hydrogens (tertiary/aromatic N) is 3. The summed E-state index contributed by atoms with van der Waals surface area (Å²) in [6, 6.07) is 0. The Kier molecular flexibility index (Phi) is 7.76. The van der Waals surface area contributed by atoms with Gasteiger partial charge in [0.05, 0.1) is 6.10 Å². The summed E-state index contributed by atoms with van der Waals surface area (Å²) in [5.41, 5.74) is 0. The van der Waals surface area contributed by atoms with Gasteiger partial charge in [0, 0.05) is 53.6 Å². The first-order valence-electron chi connectivity index (χ1n) is 10.6. The molecule has 0 aliphatic carbocycles. The fourth-order valence-corrected chi connectivity index (χ4v) is 4.28. The average Bonchev–Trinajstić information content (AvgIpc) is 3.19. The highest BCUT2D eigenvalue weighted by Gasteiger charge is 2.32. The molecule has 154 valence electrons. The van der Waals surface area contributed by atoms with Crippen LogP contribution in [-0.4, -0.2) is 87.9 Å². The van der Waals surface area contributed by atoms with Gasteiger partial charge in [-0.2, -0.15) is 0 Å². The number of aliphatic imine (C=N–C) groups is 1. The topological polar surface area (TPSA) is 66.4 Å². The van der Waals surface area contributed by atoms with Crippen LogP contribution in [0.5, 0.6) is 0 Å². The van der Waals surface area contributed by atoms with Gasteiger partial charge >= 0.3 is 0 Å². The van der Waals surface area contributed by atoms with Gasteiger partial charge in [0.15, 0.2) is 5.96 Å². The number of nitrogens with one attached hydrogen (secondary N) is 1. The van der Waals surface area contributed by atoms with E-state index >= 15 is 0 Å². The number of rotatable bonds is 5. The summed E-state index contributed by atoms with van der Waals surface area (Å²) < 4.78 is 11.4. The van der Waals surface area contributed by atoms with Crippen molar-refractivity contribution >= 4 is 11.9 Å². The van der Waals surface area contributed by atoms with Gasteiger partial charge in [-0.25, -0.2) is 4.99 Å². The largest absolute Gasteiger partial charge is 0.381 e. The first kappa shape index (κ1) is 20.4. The molecule has 2 atom stereocenters. The van der Waals surface area contributed by atoms with Crippen molar-refractivity contribution in [1.82, 2.24) is 15.1 Å². The first-order valence-corrected chi connectivity index (χ1v) is 10.6. The SMILES string of the molecule is CN(C)C(=O)CN=C(NCC1CCCCO1)N1CCC(C2CCOCC2)C1. The van der Waals surface area contributed by atoms with E-state index in [1.54, 1.807) is 19.0 Å². The van der Waals surface area contributed by atoms with Gasteiger partial charge in [0.2, 0.25) is 5.91 Å². The van der Waals surface area contributed by atoms with E-state index in [9.17, 15) is 4.79 Å². The predicted molar refractivity (Wildman–Crippen MR) is 106 cm³/mol. The molecule has 0 aromatic carbocycles. The number of amides is 1. The summed E-state index contributed by atoms with van der Waals surface area (Å²) >= 11 is 0. The number of carbonyl (C=O) groups is 1. The van der Waals surface area contributed by atoms with Crippen molar-refractivity contribution in [2.75, 3.05) is 60.1 Å². The second-order valence-corrected chi connectivity index (χ2v) is 8.24. The molecule has 0 aromatic heterocycles. The number of ether oxygens (including phenoxy) is 2. The second kappa shape index (κ2) is 10.3. The van der Waals surface area contributed by atoms with Crippen molar-refractivity contribution in [3.05, 3.63) is 0 Å². The molecule has 1 N–H and O–H groups in total. The number of hydrogen-bond donors (Lipinski definition) is 1. The van der Waals surface area contributed by atoms with Crippen LogP contribution in [0.15, 0.2) is 4.99 Å². The van der Waals surface area contributed by atoms with Crippen molar-refractivity contribution in [2.45, 2.75) is 44.6 Å². The molecule has 0 bridgehead atoms. The molecule has 3 aliphatic rings. The second-order valence-electron chi connectivity index (χ2n) is 8.24. The van der Waals surface area contributed by atoms with Gasteiger partial charge in [0.1, 0.15) is 6.54 Å². The number of likely N-dealkylation sites (tertiary alicyclic amines) is 1. The molecule has 0 radical (unpaired) electrons. The van der Waals surface area contributed by atoms with Gasteiger partial charge in [-0.1, -0.05) is 0 Å². The van der Waals surface area contributed by atoms with Crippen molar-refractivity contribution < 1.29 is 14.3 Å². The summed E-state index contributed by atoms with van der Waals surface area (Å²) in [6.45, 7) is 5.65. The van der Waals surface area contributed by atoms with Crippen molar-refractivity contribution in [1.29, 1.82) is 0 Å². The van der Waals surface area contributed by atoms with Gasteiger partial charge in [-0.05, 0) is 50.4 Å². The number of likely N-dealkylation sites (N-methyl/N-ethyl adjacent to an activating group) is 1. The molecular formula is C20H36N4O3. The average molecular weight is 381 g/mol. The van der Waals surface area contributed by atoms with Crippen molar-refractivity contribution in [3.8, 4) is 0 Å². The highest BCUT2D eigenvalue weighted by Crippen LogP contribution is 2.31. The van der Waals surface area contributed by atoms with Crippen LogP contribution in [0.1, 0.15) is 38.5 Å². The maximum atomic E-state index is 12.0. The molecule has 7 nitrogen and oxygen atoms in total. The Balaban J connectivity index is 1.58. The lowest BCUT2D eigenvalue weighted by atomic mass is 9.85. The Labute approximate surface area is 163 Å². The lowest BCUT2D eigenvalue weighted by molar-refractivity contribution is -0.127.